The van der Waals surface area contributed by atoms with Crippen molar-refractivity contribution in [2.24, 2.45) is 0 Å². The van der Waals surface area contributed by atoms with Crippen molar-refractivity contribution in [1.82, 2.24) is 41.7 Å². The molecular formula is C51H107N10O19P3+2. The molecular weight excluding hydrogens is 1150 g/mol. The molecule has 6 unspecified atom stereocenters. The number of phosphoric acid groups is 3. The molecule has 32 heteroatoms. The molecule has 0 aromatic heterocycles. The van der Waals surface area contributed by atoms with E-state index in [2.05, 4.69) is 66.2 Å². The maximum atomic E-state index is 14.6. The molecule has 0 rings (SSSR count). The lowest BCUT2D eigenvalue weighted by molar-refractivity contribution is -0.870. The van der Waals surface area contributed by atoms with Crippen LogP contribution in [0.2, 0.25) is 0 Å². The van der Waals surface area contributed by atoms with Crippen LogP contribution in [0.25, 0.3) is 0 Å². The molecule has 0 heterocycles. The fourth-order valence-corrected chi connectivity index (χ4v) is 11.0. The topological polar surface area (TPSA) is 369 Å². The SMILES string of the molecule is CCOCCOCCOCCC(=O)NC(CCCCN(C)C)C(=O)NC(CCCC[N+](C)(C)C)C(=O)NC(CCCCN(C)C)C(=O)NC(CCCC[N+](C)(C)C)C(=O)NCC(=O)NCCCCCCOP(=O)(O)OP(=O)(O)OP(=O)(O)O. The number of amides is 6. The van der Waals surface area contributed by atoms with Gasteiger partial charge >= 0.3 is 23.5 Å². The van der Waals surface area contributed by atoms with Crippen LogP contribution in [0.1, 0.15) is 116 Å². The zero-order valence-corrected chi connectivity index (χ0v) is 54.2. The van der Waals surface area contributed by atoms with E-state index in [4.69, 9.17) is 24.0 Å². The lowest BCUT2D eigenvalue weighted by Gasteiger charge is -2.28. The summed E-state index contributed by atoms with van der Waals surface area (Å²) in [5, 5.41) is 16.9. The second-order valence-corrected chi connectivity index (χ2v) is 27.4. The first-order valence-corrected chi connectivity index (χ1v) is 33.3. The number of quaternary nitrogens is 2. The van der Waals surface area contributed by atoms with Gasteiger partial charge in [-0.3, -0.25) is 33.3 Å². The van der Waals surface area contributed by atoms with Gasteiger partial charge in [-0.05, 0) is 138 Å². The van der Waals surface area contributed by atoms with Crippen molar-refractivity contribution in [2.45, 2.75) is 140 Å². The Bertz CT molecular complexity index is 2010. The quantitative estimate of drug-likeness (QED) is 0.0235. The maximum absolute atomic E-state index is 14.6. The van der Waals surface area contributed by atoms with Gasteiger partial charge in [0.05, 0.1) is 102 Å². The average Bonchev–Trinajstić information content (AvgIpc) is 3.40. The molecule has 83 heavy (non-hydrogen) atoms. The van der Waals surface area contributed by atoms with E-state index < -0.39 is 96.2 Å². The Morgan fingerprint density at radius 3 is 1.33 bits per heavy atom. The predicted octanol–water partition coefficient (Wildman–Crippen LogP) is 1.74. The van der Waals surface area contributed by atoms with Crippen LogP contribution in [0.4, 0.5) is 0 Å². The highest BCUT2D eigenvalue weighted by Gasteiger charge is 2.40. The fraction of sp³-hybridized carbons (Fsp3) is 0.882. The van der Waals surface area contributed by atoms with Crippen molar-refractivity contribution in [3.05, 3.63) is 0 Å². The molecule has 0 aliphatic rings. The minimum absolute atomic E-state index is 0.00265. The smallest absolute Gasteiger partial charge is 0.379 e. The molecule has 6 amide bonds. The van der Waals surface area contributed by atoms with Crippen LogP contribution in [0.5, 0.6) is 0 Å². The summed E-state index contributed by atoms with van der Waals surface area (Å²) in [7, 11) is 3.67. The molecule has 488 valence electrons. The number of ether oxygens (including phenoxy) is 3. The number of carbonyl (C=O) groups excluding carboxylic acids is 6. The van der Waals surface area contributed by atoms with Gasteiger partial charge in [-0.1, -0.05) is 12.8 Å². The van der Waals surface area contributed by atoms with E-state index in [1.165, 1.54) is 0 Å². The number of hydrogen-bond donors (Lipinski definition) is 10. The molecule has 6 atom stereocenters. The van der Waals surface area contributed by atoms with Crippen LogP contribution in [0.3, 0.4) is 0 Å². The van der Waals surface area contributed by atoms with Crippen LogP contribution in [-0.2, 0) is 69.8 Å². The molecule has 29 nitrogen and oxygen atoms in total. The zero-order chi connectivity index (χ0) is 63.1. The van der Waals surface area contributed by atoms with E-state index >= 15 is 0 Å². The minimum atomic E-state index is -5.63. The van der Waals surface area contributed by atoms with Gasteiger partial charge < -0.3 is 84.5 Å². The number of nitrogens with one attached hydrogen (secondary N) is 6. The van der Waals surface area contributed by atoms with Crippen LogP contribution in [0, 0.1) is 0 Å². The summed E-state index contributed by atoms with van der Waals surface area (Å²) in [6.07, 6.45) is 7.67. The van der Waals surface area contributed by atoms with E-state index in [1.807, 2.05) is 66.1 Å². The largest absolute Gasteiger partial charge is 0.490 e. The van der Waals surface area contributed by atoms with Crippen LogP contribution in [0.15, 0.2) is 0 Å². The van der Waals surface area contributed by atoms with Crippen molar-refractivity contribution in [3.8, 4) is 0 Å². The maximum Gasteiger partial charge on any atom is 0.490 e. The summed E-state index contributed by atoms with van der Waals surface area (Å²) in [5.74, 6) is -3.25. The Balaban J connectivity index is 6.23. The summed E-state index contributed by atoms with van der Waals surface area (Å²) in [5.41, 5.74) is 0. The van der Waals surface area contributed by atoms with Gasteiger partial charge in [0, 0.05) is 19.6 Å². The molecule has 0 fully saturated rings. The van der Waals surface area contributed by atoms with Gasteiger partial charge in [0.25, 0.3) is 0 Å². The normalized spacial score (nSPS) is 15.1. The van der Waals surface area contributed by atoms with Crippen LogP contribution < -0.4 is 31.9 Å². The molecule has 10 N–H and O–H groups in total. The number of nitrogens with zero attached hydrogens (tertiary/aromatic N) is 4. The fourth-order valence-electron chi connectivity index (χ4n) is 7.97. The predicted molar refractivity (Wildman–Crippen MR) is 313 cm³/mol. The van der Waals surface area contributed by atoms with E-state index in [1.54, 1.807) is 0 Å². The highest BCUT2D eigenvalue weighted by atomic mass is 31.3. The number of hydrogen-bond acceptors (Lipinski definition) is 17. The highest BCUT2D eigenvalue weighted by Crippen LogP contribution is 2.66. The van der Waals surface area contributed by atoms with E-state index in [0.717, 1.165) is 38.9 Å². The molecule has 0 bridgehead atoms. The Kier molecular flexibility index (Phi) is 42.0. The molecule has 0 aliphatic carbocycles. The first-order valence-electron chi connectivity index (χ1n) is 28.8. The Labute approximate surface area is 493 Å². The van der Waals surface area contributed by atoms with E-state index in [0.29, 0.717) is 99.7 Å². The van der Waals surface area contributed by atoms with Gasteiger partial charge in [0.1, 0.15) is 24.2 Å². The molecule has 0 aromatic rings. The average molecular weight is 1260 g/mol. The third-order valence-corrected chi connectivity index (χ3v) is 16.1. The molecule has 0 radical (unpaired) electrons. The van der Waals surface area contributed by atoms with Gasteiger partial charge in [0.15, 0.2) is 0 Å². The Morgan fingerprint density at radius 1 is 0.458 bits per heavy atom. The van der Waals surface area contributed by atoms with Gasteiger partial charge in [0.2, 0.25) is 35.4 Å². The van der Waals surface area contributed by atoms with Crippen molar-refractivity contribution in [1.29, 1.82) is 0 Å². The molecule has 0 aromatic carbocycles. The van der Waals surface area contributed by atoms with Gasteiger partial charge in [-0.2, -0.15) is 8.62 Å². The highest BCUT2D eigenvalue weighted by molar-refractivity contribution is 7.66. The number of carbonyl (C=O) groups is 6. The lowest BCUT2D eigenvalue weighted by atomic mass is 10.0. The van der Waals surface area contributed by atoms with E-state index in [-0.39, 0.29) is 51.9 Å². The monoisotopic (exact) mass is 1260 g/mol. The zero-order valence-electron chi connectivity index (χ0n) is 51.6. The van der Waals surface area contributed by atoms with Gasteiger partial charge in [-0.15, -0.1) is 0 Å². The van der Waals surface area contributed by atoms with Crippen molar-refractivity contribution in [2.75, 3.05) is 156 Å². The van der Waals surface area contributed by atoms with Crippen molar-refractivity contribution in [3.63, 3.8) is 0 Å². The summed E-state index contributed by atoms with van der Waals surface area (Å²) in [6, 6.07) is -4.23. The van der Waals surface area contributed by atoms with Crippen molar-refractivity contribution < 1.29 is 98.4 Å². The summed E-state index contributed by atoms with van der Waals surface area (Å²) < 4.78 is 63.9. The lowest BCUT2D eigenvalue weighted by Crippen LogP contribution is -2.58. The number of unbranched alkanes of at least 4 members (excludes halogenated alkanes) is 7. The third-order valence-electron chi connectivity index (χ3n) is 12.3. The minimum Gasteiger partial charge on any atom is -0.379 e. The van der Waals surface area contributed by atoms with E-state index in [9.17, 15) is 52.2 Å². The molecule has 0 spiro atoms. The molecule has 0 aliphatic heterocycles. The second-order valence-electron chi connectivity index (χ2n) is 23.0. The first kappa shape index (κ1) is 80.0. The van der Waals surface area contributed by atoms with Crippen LogP contribution >= 0.6 is 23.5 Å². The summed E-state index contributed by atoms with van der Waals surface area (Å²) in [6.45, 7) is 6.53. The Morgan fingerprint density at radius 2 is 0.880 bits per heavy atom. The number of phosphoric ester groups is 1. The molecule has 0 saturated carbocycles. The Hall–Kier alpha value is -3.05. The second kappa shape index (κ2) is 43.6. The first-order chi connectivity index (χ1) is 38.6. The summed E-state index contributed by atoms with van der Waals surface area (Å²) >= 11 is 0. The number of rotatable bonds is 52. The summed E-state index contributed by atoms with van der Waals surface area (Å²) in [4.78, 5) is 124. The van der Waals surface area contributed by atoms with Gasteiger partial charge in [-0.25, -0.2) is 13.7 Å². The third kappa shape index (κ3) is 47.7. The standard InChI is InChI=1S/C51H105N10O19P3/c1-12-75-37-38-77-40-39-76-36-29-46(62)54-43(25-15-20-31-58(2)3)49(65)56-45(28-18-23-34-61(9,10)11)51(67)57-44(26-16-21-32-59(4)5)50(66)55-42(27-17-22-33-60(6,7)8)48(64)53-41-47(63)52-30-19-13-14-24-35-78-82(71,72)80-83(73,74)79-81(68,69)70/h42-45H,12-41H2,1-11H3,(H8-2,52,53,54,55,56,57,62,63,64,65,66,67,68,69,70,71,72,73,74)/p+2. The molecule has 0 saturated heterocycles. The van der Waals surface area contributed by atoms with Crippen LogP contribution in [-0.4, -0.2) is 254 Å². The van der Waals surface area contributed by atoms with Crippen molar-refractivity contribution >= 4 is 58.9 Å².